The van der Waals surface area contributed by atoms with E-state index in [-0.39, 0.29) is 11.4 Å². The van der Waals surface area contributed by atoms with Crippen LogP contribution in [0.25, 0.3) is 0 Å². The molecular weight excluding hydrogens is 286 g/mol. The molecule has 2 unspecified atom stereocenters. The Morgan fingerprint density at radius 2 is 1.87 bits per heavy atom. The molecule has 0 spiro atoms. The Morgan fingerprint density at radius 3 is 2.65 bits per heavy atom. The summed E-state index contributed by atoms with van der Waals surface area (Å²) in [6.45, 7) is 4.91. The number of ether oxygens (including phenoxy) is 1. The van der Waals surface area contributed by atoms with Gasteiger partial charge < -0.3 is 10.1 Å². The van der Waals surface area contributed by atoms with E-state index in [1.807, 2.05) is 7.11 Å². The molecule has 130 valence electrons. The molecule has 4 rings (SSSR count). The molecule has 1 heterocycles. The van der Waals surface area contributed by atoms with Crippen molar-refractivity contribution < 1.29 is 9.53 Å². The highest BCUT2D eigenvalue weighted by molar-refractivity contribution is 5.77. The molecule has 4 fully saturated rings. The number of carbonyl (C=O) groups is 1. The normalized spacial score (nSPS) is 52.8. The van der Waals surface area contributed by atoms with Gasteiger partial charge in [0.2, 0.25) is 5.91 Å². The number of fused-ring (bicyclic) bond motifs is 5. The zero-order valence-electron chi connectivity index (χ0n) is 15.1. The molecule has 3 heteroatoms. The van der Waals surface area contributed by atoms with Crippen LogP contribution in [0.5, 0.6) is 0 Å². The zero-order chi connectivity index (χ0) is 16.2. The van der Waals surface area contributed by atoms with E-state index in [0.717, 1.165) is 30.6 Å². The predicted molar refractivity (Wildman–Crippen MR) is 91.0 cm³/mol. The molecule has 7 atom stereocenters. The third-order valence-electron chi connectivity index (χ3n) is 8.45. The average molecular weight is 319 g/mol. The van der Waals surface area contributed by atoms with E-state index in [2.05, 4.69) is 19.2 Å². The maximum Gasteiger partial charge on any atom is 0.220 e. The van der Waals surface area contributed by atoms with E-state index < -0.39 is 0 Å². The Balaban J connectivity index is 1.58. The van der Waals surface area contributed by atoms with Crippen LogP contribution in [0.15, 0.2) is 0 Å². The summed E-state index contributed by atoms with van der Waals surface area (Å²) in [5, 5.41) is 3.37. The SMILES string of the molecule is COC1CC[C@@]2(C)[C@@H](CCC3[C@@H]2CC[C@]2(C)NC(=O)CC[C@@H]32)C1. The van der Waals surface area contributed by atoms with E-state index in [9.17, 15) is 4.79 Å². The van der Waals surface area contributed by atoms with Gasteiger partial charge in [-0.15, -0.1) is 0 Å². The lowest BCUT2D eigenvalue weighted by Crippen LogP contribution is -2.63. The number of methoxy groups -OCH3 is 1. The van der Waals surface area contributed by atoms with Crippen molar-refractivity contribution in [1.29, 1.82) is 0 Å². The molecule has 3 nitrogen and oxygen atoms in total. The fraction of sp³-hybridized carbons (Fsp3) is 0.950. The fourth-order valence-corrected chi connectivity index (χ4v) is 7.11. The summed E-state index contributed by atoms with van der Waals surface area (Å²) in [6, 6.07) is 0. The second kappa shape index (κ2) is 5.47. The van der Waals surface area contributed by atoms with Crippen LogP contribution >= 0.6 is 0 Å². The highest BCUT2D eigenvalue weighted by Crippen LogP contribution is 2.62. The summed E-state index contributed by atoms with van der Waals surface area (Å²) >= 11 is 0. The molecule has 1 N–H and O–H groups in total. The van der Waals surface area contributed by atoms with Crippen molar-refractivity contribution in [3.05, 3.63) is 0 Å². The summed E-state index contributed by atoms with van der Waals surface area (Å²) in [7, 11) is 1.88. The van der Waals surface area contributed by atoms with Gasteiger partial charge in [0.1, 0.15) is 0 Å². The van der Waals surface area contributed by atoms with Crippen LogP contribution in [-0.2, 0) is 9.53 Å². The van der Waals surface area contributed by atoms with Gasteiger partial charge in [-0.05, 0) is 87.4 Å². The molecule has 4 aliphatic rings. The van der Waals surface area contributed by atoms with Gasteiger partial charge in [0.15, 0.2) is 0 Å². The van der Waals surface area contributed by atoms with Crippen molar-refractivity contribution in [2.24, 2.45) is 29.1 Å². The van der Waals surface area contributed by atoms with Crippen LogP contribution in [0, 0.1) is 29.1 Å². The maximum atomic E-state index is 11.9. The Hall–Kier alpha value is -0.570. The van der Waals surface area contributed by atoms with Crippen LogP contribution in [0.2, 0.25) is 0 Å². The molecule has 0 aromatic carbocycles. The van der Waals surface area contributed by atoms with Gasteiger partial charge in [-0.2, -0.15) is 0 Å². The fourth-order valence-electron chi connectivity index (χ4n) is 7.11. The summed E-state index contributed by atoms with van der Waals surface area (Å²) in [4.78, 5) is 11.9. The summed E-state index contributed by atoms with van der Waals surface area (Å²) in [5.74, 6) is 3.53. The van der Waals surface area contributed by atoms with Gasteiger partial charge in [-0.1, -0.05) is 6.92 Å². The van der Waals surface area contributed by atoms with Crippen molar-refractivity contribution in [3.8, 4) is 0 Å². The summed E-state index contributed by atoms with van der Waals surface area (Å²) in [6.07, 6.45) is 11.4. The quantitative estimate of drug-likeness (QED) is 0.795. The van der Waals surface area contributed by atoms with E-state index in [1.165, 1.54) is 44.9 Å². The Morgan fingerprint density at radius 1 is 1.04 bits per heavy atom. The molecule has 0 aromatic heterocycles. The number of amides is 1. The zero-order valence-corrected chi connectivity index (χ0v) is 15.1. The standard InChI is InChI=1S/C20H33NO2/c1-19-10-8-14(23-3)12-13(19)4-5-15-16(19)9-11-20(2)17(15)6-7-18(22)21-20/h13-17H,4-12H2,1-3H3,(H,21,22)/t13-,14?,15?,16-,17-,19-,20-/m0/s1. The Bertz CT molecular complexity index is 492. The molecule has 3 aliphatic carbocycles. The van der Waals surface area contributed by atoms with Crippen molar-refractivity contribution in [2.75, 3.05) is 7.11 Å². The highest BCUT2D eigenvalue weighted by Gasteiger charge is 2.57. The molecule has 1 saturated heterocycles. The number of nitrogens with one attached hydrogen (secondary N) is 1. The third kappa shape index (κ3) is 2.37. The van der Waals surface area contributed by atoms with E-state index in [1.54, 1.807) is 0 Å². The second-order valence-electron chi connectivity index (χ2n) is 9.33. The minimum Gasteiger partial charge on any atom is -0.381 e. The molecule has 0 bridgehead atoms. The minimum absolute atomic E-state index is 0.0728. The van der Waals surface area contributed by atoms with Gasteiger partial charge in [0, 0.05) is 19.1 Å². The van der Waals surface area contributed by atoms with Gasteiger partial charge in [-0.25, -0.2) is 0 Å². The van der Waals surface area contributed by atoms with Crippen molar-refractivity contribution in [2.45, 2.75) is 83.3 Å². The third-order valence-corrected chi connectivity index (χ3v) is 8.45. The van der Waals surface area contributed by atoms with Gasteiger partial charge in [0.25, 0.3) is 0 Å². The van der Waals surface area contributed by atoms with Crippen molar-refractivity contribution in [3.63, 3.8) is 0 Å². The Kier molecular flexibility index (Phi) is 3.79. The lowest BCUT2D eigenvalue weighted by molar-refractivity contribution is -0.143. The van der Waals surface area contributed by atoms with Crippen LogP contribution < -0.4 is 5.32 Å². The number of rotatable bonds is 1. The maximum absolute atomic E-state index is 11.9. The van der Waals surface area contributed by atoms with Crippen molar-refractivity contribution in [1.82, 2.24) is 5.32 Å². The van der Waals surface area contributed by atoms with E-state index in [0.29, 0.717) is 17.4 Å². The molecule has 23 heavy (non-hydrogen) atoms. The summed E-state index contributed by atoms with van der Waals surface area (Å²) < 4.78 is 5.69. The van der Waals surface area contributed by atoms with Crippen LogP contribution in [0.3, 0.4) is 0 Å². The van der Waals surface area contributed by atoms with Crippen LogP contribution in [-0.4, -0.2) is 24.7 Å². The number of piperidine rings is 1. The van der Waals surface area contributed by atoms with E-state index >= 15 is 0 Å². The number of hydrogen-bond acceptors (Lipinski definition) is 2. The Labute approximate surface area is 140 Å². The van der Waals surface area contributed by atoms with Gasteiger partial charge in [-0.3, -0.25) is 4.79 Å². The number of carbonyl (C=O) groups excluding carboxylic acids is 1. The minimum atomic E-state index is 0.0728. The average Bonchev–Trinajstić information content (AvgIpc) is 2.52. The molecule has 1 amide bonds. The first-order valence-corrected chi connectivity index (χ1v) is 9.80. The topological polar surface area (TPSA) is 38.3 Å². The van der Waals surface area contributed by atoms with Crippen molar-refractivity contribution >= 4 is 5.91 Å². The molecule has 0 aromatic rings. The second-order valence-corrected chi connectivity index (χ2v) is 9.33. The first-order chi connectivity index (χ1) is 11.0. The smallest absolute Gasteiger partial charge is 0.220 e. The molecular formula is C20H33NO2. The van der Waals surface area contributed by atoms with Gasteiger partial charge in [0.05, 0.1) is 6.10 Å². The lowest BCUT2D eigenvalue weighted by atomic mass is 9.45. The first kappa shape index (κ1) is 15.9. The monoisotopic (exact) mass is 319 g/mol. The first-order valence-electron chi connectivity index (χ1n) is 9.80. The largest absolute Gasteiger partial charge is 0.381 e. The molecule has 0 radical (unpaired) electrons. The molecule has 3 saturated carbocycles. The highest BCUT2D eigenvalue weighted by atomic mass is 16.5. The summed E-state index contributed by atoms with van der Waals surface area (Å²) in [5.41, 5.74) is 0.587. The van der Waals surface area contributed by atoms with E-state index in [4.69, 9.17) is 4.74 Å². The molecule has 1 aliphatic heterocycles. The van der Waals surface area contributed by atoms with Gasteiger partial charge >= 0.3 is 0 Å². The number of hydrogen-bond donors (Lipinski definition) is 1. The van der Waals surface area contributed by atoms with Crippen LogP contribution in [0.4, 0.5) is 0 Å². The lowest BCUT2D eigenvalue weighted by Gasteiger charge is -2.62. The van der Waals surface area contributed by atoms with Crippen LogP contribution in [0.1, 0.15) is 71.6 Å². The predicted octanol–water partition coefficient (Wildman–Crippen LogP) is 3.91.